The smallest absolute Gasteiger partial charge is 0.255 e. The second kappa shape index (κ2) is 11.0. The molecule has 0 saturated carbocycles. The van der Waals surface area contributed by atoms with Gasteiger partial charge in [-0.25, -0.2) is 0 Å². The van der Waals surface area contributed by atoms with Crippen LogP contribution in [0.5, 0.6) is 0 Å². The van der Waals surface area contributed by atoms with E-state index in [0.717, 1.165) is 76.2 Å². The first-order valence-electron chi connectivity index (χ1n) is 13.0. The zero-order chi connectivity index (χ0) is 24.2. The number of nitrogens with zero attached hydrogens (tertiary/aromatic N) is 3. The Bertz CT molecular complexity index is 1030. The van der Waals surface area contributed by atoms with Crippen molar-refractivity contribution in [2.45, 2.75) is 50.6 Å². The predicted octanol–water partition coefficient (Wildman–Crippen LogP) is 4.30. The summed E-state index contributed by atoms with van der Waals surface area (Å²) in [5.41, 5.74) is 2.65. The number of amides is 2. The van der Waals surface area contributed by atoms with Crippen molar-refractivity contribution < 1.29 is 9.59 Å². The molecule has 3 saturated heterocycles. The molecule has 0 unspecified atom stereocenters. The highest BCUT2D eigenvalue weighted by atomic mass is 35.5. The third-order valence-corrected chi connectivity index (χ3v) is 7.97. The normalized spacial score (nSPS) is 19.9. The first-order valence-corrected chi connectivity index (χ1v) is 13.4. The molecule has 0 atom stereocenters. The van der Waals surface area contributed by atoms with Crippen molar-refractivity contribution in [1.29, 1.82) is 0 Å². The van der Waals surface area contributed by atoms with Crippen LogP contribution < -0.4 is 5.32 Å². The van der Waals surface area contributed by atoms with Crippen LogP contribution in [0.3, 0.4) is 0 Å². The highest BCUT2D eigenvalue weighted by Gasteiger charge is 2.35. The lowest BCUT2D eigenvalue weighted by Crippen LogP contribution is -2.60. The number of anilines is 1. The van der Waals surface area contributed by atoms with E-state index in [1.54, 1.807) is 0 Å². The highest BCUT2D eigenvalue weighted by molar-refractivity contribution is 6.34. The summed E-state index contributed by atoms with van der Waals surface area (Å²) in [4.78, 5) is 31.9. The molecule has 0 aromatic heterocycles. The van der Waals surface area contributed by atoms with Gasteiger partial charge in [-0.05, 0) is 55.9 Å². The van der Waals surface area contributed by atoms with Gasteiger partial charge < -0.3 is 15.1 Å². The van der Waals surface area contributed by atoms with Crippen molar-refractivity contribution in [2.75, 3.05) is 44.6 Å². The van der Waals surface area contributed by atoms with E-state index in [1.807, 2.05) is 58.3 Å². The fourth-order valence-corrected chi connectivity index (χ4v) is 5.81. The third kappa shape index (κ3) is 5.81. The molecule has 0 bridgehead atoms. The van der Waals surface area contributed by atoms with Crippen molar-refractivity contribution in [3.8, 4) is 0 Å². The molecule has 1 N–H and O–H groups in total. The highest BCUT2D eigenvalue weighted by Crippen LogP contribution is 2.27. The number of likely N-dealkylation sites (tertiary alicyclic amines) is 3. The fraction of sp³-hybridized carbons (Fsp3) is 0.500. The van der Waals surface area contributed by atoms with E-state index in [1.165, 1.54) is 6.42 Å². The van der Waals surface area contributed by atoms with E-state index in [-0.39, 0.29) is 11.8 Å². The van der Waals surface area contributed by atoms with E-state index in [2.05, 4.69) is 10.2 Å². The molecule has 3 heterocycles. The van der Waals surface area contributed by atoms with Gasteiger partial charge in [0.15, 0.2) is 0 Å². The van der Waals surface area contributed by atoms with Gasteiger partial charge in [-0.1, -0.05) is 41.9 Å². The lowest BCUT2D eigenvalue weighted by molar-refractivity contribution is -0.132. The summed E-state index contributed by atoms with van der Waals surface area (Å²) in [6.07, 6.45) is 5.91. The first kappa shape index (κ1) is 24.1. The number of nitrogens with one attached hydrogen (secondary N) is 1. The van der Waals surface area contributed by atoms with Crippen molar-refractivity contribution >= 4 is 29.1 Å². The minimum atomic E-state index is 0.0460. The molecular weight excluding hydrogens is 460 g/mol. The zero-order valence-corrected chi connectivity index (χ0v) is 21.1. The number of hydrogen-bond acceptors (Lipinski definition) is 4. The molecule has 6 nitrogen and oxygen atoms in total. The Labute approximate surface area is 213 Å². The Morgan fingerprint density at radius 2 is 1.60 bits per heavy atom. The summed E-state index contributed by atoms with van der Waals surface area (Å²) >= 11 is 6.50. The molecule has 3 fully saturated rings. The van der Waals surface area contributed by atoms with E-state index < -0.39 is 0 Å². The summed E-state index contributed by atoms with van der Waals surface area (Å²) in [6.45, 7) is 5.32. The van der Waals surface area contributed by atoms with E-state index in [0.29, 0.717) is 29.1 Å². The zero-order valence-electron chi connectivity index (χ0n) is 20.3. The van der Waals surface area contributed by atoms with Crippen LogP contribution in [0.25, 0.3) is 0 Å². The molecule has 2 amide bonds. The topological polar surface area (TPSA) is 55.9 Å². The monoisotopic (exact) mass is 494 g/mol. The van der Waals surface area contributed by atoms with Gasteiger partial charge in [-0.15, -0.1) is 0 Å². The molecule has 186 valence electrons. The molecule has 2 aromatic rings. The second-order valence-corrected chi connectivity index (χ2v) is 10.5. The number of halogens is 1. The molecule has 5 rings (SSSR count). The molecule has 3 aliphatic heterocycles. The molecule has 0 aliphatic carbocycles. The second-order valence-electron chi connectivity index (χ2n) is 10.1. The lowest BCUT2D eigenvalue weighted by atomic mass is 9.96. The van der Waals surface area contributed by atoms with Crippen LogP contribution in [-0.2, 0) is 11.2 Å². The molecule has 7 heteroatoms. The number of carbonyl (C=O) groups excluding carboxylic acids is 2. The van der Waals surface area contributed by atoms with E-state index >= 15 is 0 Å². The average Bonchev–Trinajstić information content (AvgIpc) is 2.87. The number of rotatable bonds is 6. The van der Waals surface area contributed by atoms with Crippen molar-refractivity contribution in [3.05, 3.63) is 64.7 Å². The molecular formula is C28H35ClN4O2. The van der Waals surface area contributed by atoms with Crippen LogP contribution >= 0.6 is 11.6 Å². The Kier molecular flexibility index (Phi) is 7.59. The Morgan fingerprint density at radius 3 is 2.29 bits per heavy atom. The van der Waals surface area contributed by atoms with Crippen LogP contribution in [0.2, 0.25) is 5.02 Å². The standard InChI is InChI=1S/C28H35ClN4O2/c29-26-18-22(9-10-25(26)28(35)32-13-5-2-6-14-32)30-23-19-33(20-23)24-11-15-31(16-12-24)27(34)17-21-7-3-1-4-8-21/h1,3-4,7-10,18,23-24,30H,2,5-6,11-17,19-20H2. The molecule has 2 aromatic carbocycles. The van der Waals surface area contributed by atoms with E-state index in [4.69, 9.17) is 11.6 Å². The summed E-state index contributed by atoms with van der Waals surface area (Å²) in [6, 6.07) is 16.6. The Balaban J connectivity index is 1.06. The van der Waals surface area contributed by atoms with Gasteiger partial charge in [-0.3, -0.25) is 14.5 Å². The van der Waals surface area contributed by atoms with Gasteiger partial charge in [0.25, 0.3) is 5.91 Å². The van der Waals surface area contributed by atoms with Gasteiger partial charge >= 0.3 is 0 Å². The predicted molar refractivity (Wildman–Crippen MR) is 140 cm³/mol. The van der Waals surface area contributed by atoms with Gasteiger partial charge in [0.1, 0.15) is 0 Å². The number of hydrogen-bond donors (Lipinski definition) is 1. The molecule has 0 radical (unpaired) electrons. The maximum Gasteiger partial charge on any atom is 0.255 e. The van der Waals surface area contributed by atoms with Crippen molar-refractivity contribution in [1.82, 2.24) is 14.7 Å². The average molecular weight is 495 g/mol. The van der Waals surface area contributed by atoms with Crippen molar-refractivity contribution in [2.24, 2.45) is 0 Å². The van der Waals surface area contributed by atoms with Gasteiger partial charge in [0, 0.05) is 51.0 Å². The largest absolute Gasteiger partial charge is 0.380 e. The van der Waals surface area contributed by atoms with Crippen LogP contribution in [0.4, 0.5) is 5.69 Å². The van der Waals surface area contributed by atoms with E-state index in [9.17, 15) is 9.59 Å². The quantitative estimate of drug-likeness (QED) is 0.650. The fourth-order valence-electron chi connectivity index (χ4n) is 5.55. The summed E-state index contributed by atoms with van der Waals surface area (Å²) < 4.78 is 0. The SMILES string of the molecule is O=C(Cc1ccccc1)N1CCC(N2CC(Nc3ccc(C(=O)N4CCCCC4)c(Cl)c3)C2)CC1. The molecule has 3 aliphatic rings. The molecule has 0 spiro atoms. The summed E-state index contributed by atoms with van der Waals surface area (Å²) in [7, 11) is 0. The van der Waals surface area contributed by atoms with Gasteiger partial charge in [0.05, 0.1) is 23.0 Å². The first-order chi connectivity index (χ1) is 17.1. The summed E-state index contributed by atoms with van der Waals surface area (Å²) in [5, 5.41) is 4.10. The Hall–Kier alpha value is -2.57. The van der Waals surface area contributed by atoms with Crippen molar-refractivity contribution in [3.63, 3.8) is 0 Å². The Morgan fingerprint density at radius 1 is 0.886 bits per heavy atom. The maximum absolute atomic E-state index is 12.8. The summed E-state index contributed by atoms with van der Waals surface area (Å²) in [5.74, 6) is 0.279. The minimum Gasteiger partial charge on any atom is -0.380 e. The number of piperidine rings is 2. The minimum absolute atomic E-state index is 0.0460. The van der Waals surface area contributed by atoms with Gasteiger partial charge in [-0.2, -0.15) is 0 Å². The lowest BCUT2D eigenvalue weighted by Gasteiger charge is -2.47. The number of benzene rings is 2. The van der Waals surface area contributed by atoms with Crippen LogP contribution in [0.1, 0.15) is 48.0 Å². The van der Waals surface area contributed by atoms with Gasteiger partial charge in [0.2, 0.25) is 5.91 Å². The molecule has 35 heavy (non-hydrogen) atoms. The van der Waals surface area contributed by atoms with Crippen LogP contribution in [0, 0.1) is 0 Å². The van der Waals surface area contributed by atoms with Crippen LogP contribution in [0.15, 0.2) is 48.5 Å². The third-order valence-electron chi connectivity index (χ3n) is 7.66. The number of carbonyl (C=O) groups is 2. The maximum atomic E-state index is 12.8. The van der Waals surface area contributed by atoms with Crippen LogP contribution in [-0.4, -0.2) is 77.9 Å².